The number of hydrogen-bond donors (Lipinski definition) is 0. The minimum atomic E-state index is 1.12. The van der Waals surface area contributed by atoms with Crippen LogP contribution in [0.4, 0.5) is 0 Å². The van der Waals surface area contributed by atoms with Crippen LogP contribution in [-0.2, 0) is 4.74 Å². The molecule has 0 aromatic heterocycles. The summed E-state index contributed by atoms with van der Waals surface area (Å²) < 4.78 is 5.40. The lowest BCUT2D eigenvalue weighted by atomic mass is 10.1. The van der Waals surface area contributed by atoms with Crippen LogP contribution in [-0.4, -0.2) is 0 Å². The molecular formula is C14H10O. The van der Waals surface area contributed by atoms with Crippen LogP contribution in [0.3, 0.4) is 0 Å². The Morgan fingerprint density at radius 1 is 0.600 bits per heavy atom. The Hall–Kier alpha value is -2.02. The van der Waals surface area contributed by atoms with Crippen molar-refractivity contribution in [2.24, 2.45) is 0 Å². The monoisotopic (exact) mass is 194 g/mol. The van der Waals surface area contributed by atoms with Crippen LogP contribution in [0.1, 0.15) is 0 Å². The minimum absolute atomic E-state index is 1.12. The summed E-state index contributed by atoms with van der Waals surface area (Å²) in [5, 5.41) is 4.70. The zero-order valence-corrected chi connectivity index (χ0v) is 8.18. The van der Waals surface area contributed by atoms with Crippen LogP contribution in [0, 0.1) is 10.4 Å². The van der Waals surface area contributed by atoms with E-state index < -0.39 is 0 Å². The maximum absolute atomic E-state index is 5.40. The zero-order chi connectivity index (χ0) is 10.1. The lowest BCUT2D eigenvalue weighted by Gasteiger charge is -1.89. The maximum atomic E-state index is 5.40. The van der Waals surface area contributed by atoms with Crippen molar-refractivity contribution >= 4 is 12.5 Å². The molecule has 1 aliphatic heterocycles. The first kappa shape index (κ1) is 8.30. The van der Waals surface area contributed by atoms with E-state index >= 15 is 0 Å². The highest BCUT2D eigenvalue weighted by atomic mass is 16.5. The van der Waals surface area contributed by atoms with E-state index in [1.807, 2.05) is 12.1 Å². The number of ether oxygens (including phenoxy) is 1. The second kappa shape index (κ2) is 3.28. The first-order valence-corrected chi connectivity index (χ1v) is 4.95. The van der Waals surface area contributed by atoms with Crippen molar-refractivity contribution < 1.29 is 4.74 Å². The van der Waals surface area contributed by atoms with Gasteiger partial charge in [-0.1, -0.05) is 48.5 Å². The molecule has 15 heavy (non-hydrogen) atoms. The normalized spacial score (nSPS) is 12.3. The zero-order valence-electron chi connectivity index (χ0n) is 8.18. The quantitative estimate of drug-likeness (QED) is 0.617. The van der Waals surface area contributed by atoms with E-state index in [0.717, 1.165) is 10.4 Å². The summed E-state index contributed by atoms with van der Waals surface area (Å²) in [5.41, 5.74) is 0. The molecule has 0 spiro atoms. The molecule has 2 aromatic carbocycles. The van der Waals surface area contributed by atoms with E-state index in [4.69, 9.17) is 4.74 Å². The summed E-state index contributed by atoms with van der Waals surface area (Å²) in [4.78, 5) is 0. The smallest absolute Gasteiger partial charge is 0.0980 e. The molecular weight excluding hydrogens is 184 g/mol. The molecule has 1 heterocycles. The van der Waals surface area contributed by atoms with Gasteiger partial charge in [-0.05, 0) is 10.4 Å². The fraction of sp³-hybridized carbons (Fsp3) is 0. The SMILES string of the molecule is C1=c2ccccc2=c2ccccc2=CO1. The van der Waals surface area contributed by atoms with Crippen molar-refractivity contribution in [3.8, 4) is 0 Å². The van der Waals surface area contributed by atoms with Gasteiger partial charge in [-0.25, -0.2) is 0 Å². The molecule has 0 saturated carbocycles. The van der Waals surface area contributed by atoms with Crippen molar-refractivity contribution in [2.45, 2.75) is 0 Å². The average molecular weight is 194 g/mol. The van der Waals surface area contributed by atoms with E-state index in [-0.39, 0.29) is 0 Å². The molecule has 1 heteroatoms. The molecule has 1 aliphatic rings. The predicted octanol–water partition coefficient (Wildman–Crippen LogP) is 1.48. The summed E-state index contributed by atoms with van der Waals surface area (Å²) in [6, 6.07) is 16.5. The highest BCUT2D eigenvalue weighted by Crippen LogP contribution is 1.93. The third kappa shape index (κ3) is 1.33. The van der Waals surface area contributed by atoms with Crippen LogP contribution in [0.15, 0.2) is 48.5 Å². The Balaban J connectivity index is 2.73. The largest absolute Gasteiger partial charge is 0.471 e. The molecule has 0 N–H and O–H groups in total. The van der Waals surface area contributed by atoms with Gasteiger partial charge >= 0.3 is 0 Å². The summed E-state index contributed by atoms with van der Waals surface area (Å²) in [6.07, 6.45) is 3.57. The summed E-state index contributed by atoms with van der Waals surface area (Å²) in [5.74, 6) is 0. The van der Waals surface area contributed by atoms with E-state index in [9.17, 15) is 0 Å². The Morgan fingerprint density at radius 2 is 1.07 bits per heavy atom. The topological polar surface area (TPSA) is 9.23 Å². The van der Waals surface area contributed by atoms with Crippen LogP contribution < -0.4 is 10.4 Å². The molecule has 0 amide bonds. The van der Waals surface area contributed by atoms with Crippen molar-refractivity contribution in [1.29, 1.82) is 0 Å². The second-order valence-corrected chi connectivity index (χ2v) is 3.55. The number of benzene rings is 2. The molecule has 0 bridgehead atoms. The first-order valence-electron chi connectivity index (χ1n) is 4.95. The van der Waals surface area contributed by atoms with Gasteiger partial charge in [0.05, 0.1) is 12.5 Å². The van der Waals surface area contributed by atoms with Crippen LogP contribution in [0.2, 0.25) is 0 Å². The molecule has 0 fully saturated rings. The van der Waals surface area contributed by atoms with Gasteiger partial charge in [-0.2, -0.15) is 0 Å². The van der Waals surface area contributed by atoms with E-state index in [1.165, 1.54) is 10.4 Å². The Kier molecular flexibility index (Phi) is 1.82. The number of hydrogen-bond acceptors (Lipinski definition) is 1. The third-order valence-electron chi connectivity index (χ3n) is 2.60. The molecule has 2 aromatic rings. The van der Waals surface area contributed by atoms with E-state index in [2.05, 4.69) is 36.4 Å². The van der Waals surface area contributed by atoms with Crippen LogP contribution >= 0.6 is 0 Å². The lowest BCUT2D eigenvalue weighted by molar-refractivity contribution is 0.522. The lowest BCUT2D eigenvalue weighted by Crippen LogP contribution is -2.05. The third-order valence-corrected chi connectivity index (χ3v) is 2.60. The van der Waals surface area contributed by atoms with Crippen molar-refractivity contribution in [3.63, 3.8) is 0 Å². The van der Waals surface area contributed by atoms with Gasteiger partial charge in [0.2, 0.25) is 0 Å². The molecule has 0 atom stereocenters. The highest BCUT2D eigenvalue weighted by molar-refractivity contribution is 5.32. The van der Waals surface area contributed by atoms with Gasteiger partial charge in [0.25, 0.3) is 0 Å². The average Bonchev–Trinajstić information content (AvgIpc) is 2.48. The molecule has 0 saturated heterocycles. The molecule has 0 unspecified atom stereocenters. The van der Waals surface area contributed by atoms with Crippen LogP contribution in [0.5, 0.6) is 0 Å². The summed E-state index contributed by atoms with van der Waals surface area (Å²) in [6.45, 7) is 0. The van der Waals surface area contributed by atoms with Gasteiger partial charge in [0.15, 0.2) is 0 Å². The summed E-state index contributed by atoms with van der Waals surface area (Å²) in [7, 11) is 0. The van der Waals surface area contributed by atoms with E-state index in [0.29, 0.717) is 0 Å². The molecule has 3 rings (SSSR count). The fourth-order valence-electron chi connectivity index (χ4n) is 1.87. The Morgan fingerprint density at radius 3 is 1.60 bits per heavy atom. The summed E-state index contributed by atoms with van der Waals surface area (Å²) >= 11 is 0. The van der Waals surface area contributed by atoms with Crippen molar-refractivity contribution in [1.82, 2.24) is 0 Å². The Bertz CT molecular complexity index is 637. The van der Waals surface area contributed by atoms with Crippen LogP contribution in [0.25, 0.3) is 12.5 Å². The van der Waals surface area contributed by atoms with Gasteiger partial charge in [-0.3, -0.25) is 0 Å². The first-order chi connectivity index (χ1) is 7.45. The van der Waals surface area contributed by atoms with Crippen molar-refractivity contribution in [2.75, 3.05) is 0 Å². The standard InChI is InChI=1S/C14H10O/c1-3-7-13-11(5-1)9-15-10-12-6-2-4-8-14(12)13/h1-10H. The molecule has 0 radical (unpaired) electrons. The maximum Gasteiger partial charge on any atom is 0.0980 e. The molecule has 0 aliphatic carbocycles. The van der Waals surface area contributed by atoms with E-state index in [1.54, 1.807) is 12.5 Å². The molecule has 72 valence electrons. The fourth-order valence-corrected chi connectivity index (χ4v) is 1.87. The minimum Gasteiger partial charge on any atom is -0.471 e. The van der Waals surface area contributed by atoms with Gasteiger partial charge in [0.1, 0.15) is 0 Å². The van der Waals surface area contributed by atoms with Gasteiger partial charge in [-0.15, -0.1) is 0 Å². The van der Waals surface area contributed by atoms with Crippen molar-refractivity contribution in [3.05, 3.63) is 69.4 Å². The molecule has 1 nitrogen and oxygen atoms in total. The second-order valence-electron chi connectivity index (χ2n) is 3.55. The predicted molar refractivity (Wildman–Crippen MR) is 59.8 cm³/mol. The van der Waals surface area contributed by atoms with Gasteiger partial charge in [0, 0.05) is 10.4 Å². The highest BCUT2D eigenvalue weighted by Gasteiger charge is 1.92. The number of fused-ring (bicyclic) bond motifs is 2. The Labute approximate surface area is 87.3 Å². The number of rotatable bonds is 0. The van der Waals surface area contributed by atoms with Gasteiger partial charge < -0.3 is 4.74 Å².